The van der Waals surface area contributed by atoms with Gasteiger partial charge in [-0.15, -0.1) is 11.3 Å². The fraction of sp³-hybridized carbons (Fsp3) is 0. The number of thiophene rings is 1. The number of aromatic nitrogens is 2. The van der Waals surface area contributed by atoms with E-state index in [4.69, 9.17) is 9.40 Å². The zero-order valence-electron chi connectivity index (χ0n) is 27.4. The second-order valence-electron chi connectivity index (χ2n) is 13.1. The topological polar surface area (TPSA) is 31.0 Å². The van der Waals surface area contributed by atoms with Crippen molar-refractivity contribution < 1.29 is 4.42 Å². The Morgan fingerprint density at radius 1 is 0.471 bits per heavy atom. The zero-order valence-corrected chi connectivity index (χ0v) is 28.2. The first-order valence-corrected chi connectivity index (χ1v) is 18.0. The normalized spacial score (nSPS) is 11.9. The summed E-state index contributed by atoms with van der Waals surface area (Å²) in [5.41, 5.74) is 11.8. The van der Waals surface area contributed by atoms with Gasteiger partial charge in [-0.05, 0) is 53.6 Å². The predicted molar refractivity (Wildman–Crippen MR) is 215 cm³/mol. The fourth-order valence-electron chi connectivity index (χ4n) is 7.90. The Labute approximate surface area is 297 Å². The molecule has 0 fully saturated rings. The zero-order chi connectivity index (χ0) is 33.5. The number of fused-ring (bicyclic) bond motifs is 12. The van der Waals surface area contributed by atoms with Crippen molar-refractivity contribution in [2.45, 2.75) is 0 Å². The Hall–Kier alpha value is -6.49. The summed E-state index contributed by atoms with van der Waals surface area (Å²) >= 11 is 1.85. The summed E-state index contributed by atoms with van der Waals surface area (Å²) < 4.78 is 11.7. The summed E-state index contributed by atoms with van der Waals surface area (Å²) in [6, 6.07) is 60.3. The number of rotatable bonds is 4. The molecule has 0 aliphatic carbocycles. The van der Waals surface area contributed by atoms with Crippen LogP contribution in [0.3, 0.4) is 0 Å². The minimum atomic E-state index is 0.917. The predicted octanol–water partition coefficient (Wildman–Crippen LogP) is 13.4. The number of pyridine rings is 1. The third-order valence-corrected chi connectivity index (χ3v) is 11.4. The maximum Gasteiger partial charge on any atom is 0.145 e. The van der Waals surface area contributed by atoms with E-state index in [0.717, 1.165) is 55.9 Å². The second kappa shape index (κ2) is 11.0. The second-order valence-corrected chi connectivity index (χ2v) is 14.1. The maximum atomic E-state index is 6.74. The van der Waals surface area contributed by atoms with Crippen LogP contribution in [0.4, 0.5) is 0 Å². The van der Waals surface area contributed by atoms with Crippen LogP contribution < -0.4 is 0 Å². The first kappa shape index (κ1) is 28.4. The standard InChI is InChI=1S/C47H28N2OS/c1-3-13-30(14-4-1)37-27-32(28-38(48-37)31-15-5-2-6-16-31)29-23-25-33(26-24-29)49-39-20-10-7-17-34(39)42-43-35-18-8-11-21-40(35)50-46(43)44-36-19-9-12-22-41(36)51-47(44)45(42)49/h1-28H. The van der Waals surface area contributed by atoms with Crippen molar-refractivity contribution in [1.82, 2.24) is 9.55 Å². The van der Waals surface area contributed by atoms with Crippen LogP contribution in [-0.2, 0) is 0 Å². The third kappa shape index (κ3) is 4.27. The first-order valence-electron chi connectivity index (χ1n) is 17.2. The summed E-state index contributed by atoms with van der Waals surface area (Å²) in [7, 11) is 0. The molecule has 7 aromatic carbocycles. The SMILES string of the molecule is c1ccc(-c2cc(-c3ccc(-n4c5ccccc5c5c6c7ccccc7oc6c6c7ccccc7sc6c54)cc3)cc(-c3ccccc3)n2)cc1. The van der Waals surface area contributed by atoms with E-state index >= 15 is 0 Å². The van der Waals surface area contributed by atoms with E-state index in [9.17, 15) is 0 Å². The van der Waals surface area contributed by atoms with Gasteiger partial charge in [0.25, 0.3) is 0 Å². The average Bonchev–Trinajstić information content (AvgIpc) is 3.88. The van der Waals surface area contributed by atoms with Crippen molar-refractivity contribution in [3.8, 4) is 39.3 Å². The van der Waals surface area contributed by atoms with Gasteiger partial charge in [0, 0.05) is 53.8 Å². The molecule has 11 rings (SSSR count). The molecular formula is C47H28N2OS. The van der Waals surface area contributed by atoms with Gasteiger partial charge in [-0.25, -0.2) is 4.98 Å². The first-order chi connectivity index (χ1) is 25.3. The highest BCUT2D eigenvalue weighted by Crippen LogP contribution is 2.50. The number of furan rings is 1. The summed E-state index contributed by atoms with van der Waals surface area (Å²) in [5, 5.41) is 7.21. The molecule has 0 unspecified atom stereocenters. The third-order valence-electron chi connectivity index (χ3n) is 10.2. The van der Waals surface area contributed by atoms with E-state index in [0.29, 0.717) is 0 Å². The highest BCUT2D eigenvalue weighted by Gasteiger charge is 2.25. The molecule has 4 heteroatoms. The fourth-order valence-corrected chi connectivity index (χ4v) is 9.14. The van der Waals surface area contributed by atoms with E-state index in [2.05, 4.69) is 162 Å². The van der Waals surface area contributed by atoms with Crippen LogP contribution in [0.2, 0.25) is 0 Å². The molecule has 0 amide bonds. The van der Waals surface area contributed by atoms with Gasteiger partial charge < -0.3 is 8.98 Å². The van der Waals surface area contributed by atoms with Crippen LogP contribution in [0.15, 0.2) is 174 Å². The van der Waals surface area contributed by atoms with Gasteiger partial charge in [-0.1, -0.05) is 127 Å². The van der Waals surface area contributed by atoms with Crippen molar-refractivity contribution in [1.29, 1.82) is 0 Å². The van der Waals surface area contributed by atoms with Crippen molar-refractivity contribution in [2.75, 3.05) is 0 Å². The van der Waals surface area contributed by atoms with Crippen molar-refractivity contribution in [3.05, 3.63) is 170 Å². The molecule has 0 N–H and O–H groups in total. The van der Waals surface area contributed by atoms with Crippen molar-refractivity contribution in [2.24, 2.45) is 0 Å². The quantitative estimate of drug-likeness (QED) is 0.187. The summed E-state index contributed by atoms with van der Waals surface area (Å²) in [6.07, 6.45) is 0. The molecule has 0 aliphatic rings. The minimum Gasteiger partial charge on any atom is -0.455 e. The molecule has 0 aliphatic heterocycles. The van der Waals surface area contributed by atoms with Crippen molar-refractivity contribution in [3.63, 3.8) is 0 Å². The molecule has 0 spiro atoms. The Morgan fingerprint density at radius 2 is 1.08 bits per heavy atom. The molecule has 4 aromatic heterocycles. The van der Waals surface area contributed by atoms with Crippen LogP contribution in [0, 0.1) is 0 Å². The van der Waals surface area contributed by atoms with E-state index < -0.39 is 0 Å². The van der Waals surface area contributed by atoms with Crippen LogP contribution in [-0.4, -0.2) is 9.55 Å². The van der Waals surface area contributed by atoms with Gasteiger partial charge in [0.2, 0.25) is 0 Å². The summed E-state index contributed by atoms with van der Waals surface area (Å²) in [5.74, 6) is 0. The maximum absolute atomic E-state index is 6.74. The van der Waals surface area contributed by atoms with E-state index in [1.807, 2.05) is 23.5 Å². The molecule has 0 atom stereocenters. The minimum absolute atomic E-state index is 0.917. The summed E-state index contributed by atoms with van der Waals surface area (Å²) in [6.45, 7) is 0. The van der Waals surface area contributed by atoms with E-state index in [1.54, 1.807) is 0 Å². The molecule has 0 saturated heterocycles. The van der Waals surface area contributed by atoms with E-state index in [-0.39, 0.29) is 0 Å². The van der Waals surface area contributed by atoms with Gasteiger partial charge in [-0.3, -0.25) is 0 Å². The Kier molecular flexibility index (Phi) is 6.12. The van der Waals surface area contributed by atoms with Crippen LogP contribution >= 0.6 is 11.3 Å². The number of benzene rings is 7. The number of hydrogen-bond acceptors (Lipinski definition) is 3. The monoisotopic (exact) mass is 668 g/mol. The average molecular weight is 669 g/mol. The highest BCUT2D eigenvalue weighted by molar-refractivity contribution is 7.27. The molecule has 51 heavy (non-hydrogen) atoms. The van der Waals surface area contributed by atoms with Gasteiger partial charge in [0.1, 0.15) is 11.2 Å². The van der Waals surface area contributed by atoms with Gasteiger partial charge in [-0.2, -0.15) is 0 Å². The van der Waals surface area contributed by atoms with Crippen LogP contribution in [0.1, 0.15) is 0 Å². The molecule has 0 saturated carbocycles. The number of nitrogens with zero attached hydrogens (tertiary/aromatic N) is 2. The van der Waals surface area contributed by atoms with Crippen LogP contribution in [0.25, 0.3) is 103 Å². The molecule has 0 bridgehead atoms. The Balaban J connectivity index is 1.18. The molecule has 3 nitrogen and oxygen atoms in total. The molecule has 238 valence electrons. The van der Waals surface area contributed by atoms with Crippen molar-refractivity contribution >= 4 is 75.3 Å². The summed E-state index contributed by atoms with van der Waals surface area (Å²) in [4.78, 5) is 5.10. The molecule has 11 aromatic rings. The van der Waals surface area contributed by atoms with Crippen LogP contribution in [0.5, 0.6) is 0 Å². The van der Waals surface area contributed by atoms with Gasteiger partial charge in [0.15, 0.2) is 0 Å². The molecular weight excluding hydrogens is 641 g/mol. The largest absolute Gasteiger partial charge is 0.455 e. The van der Waals surface area contributed by atoms with E-state index in [1.165, 1.54) is 47.4 Å². The Bertz CT molecular complexity index is 3060. The number of para-hydroxylation sites is 2. The Morgan fingerprint density at radius 3 is 1.80 bits per heavy atom. The lowest BCUT2D eigenvalue weighted by Gasteiger charge is -2.12. The lowest BCUT2D eigenvalue weighted by atomic mass is 9.99. The molecule has 4 heterocycles. The number of hydrogen-bond donors (Lipinski definition) is 0. The lowest BCUT2D eigenvalue weighted by molar-refractivity contribution is 0.673. The smallest absolute Gasteiger partial charge is 0.145 e. The van der Waals surface area contributed by atoms with Gasteiger partial charge in [0.05, 0.1) is 27.1 Å². The molecule has 0 radical (unpaired) electrons. The van der Waals surface area contributed by atoms with Gasteiger partial charge >= 0.3 is 0 Å². The highest BCUT2D eigenvalue weighted by atomic mass is 32.1. The lowest BCUT2D eigenvalue weighted by Crippen LogP contribution is -1.95.